The first kappa shape index (κ1) is 13.5. The van der Waals surface area contributed by atoms with Gasteiger partial charge in [-0.2, -0.15) is 0 Å². The quantitative estimate of drug-likeness (QED) is 0.451. The minimum Gasteiger partial charge on any atom is -0.393 e. The van der Waals surface area contributed by atoms with Gasteiger partial charge in [0.05, 0.1) is 17.1 Å². The van der Waals surface area contributed by atoms with Gasteiger partial charge < -0.3 is 10.4 Å². The maximum Gasteiger partial charge on any atom is 0.272 e. The summed E-state index contributed by atoms with van der Waals surface area (Å²) < 4.78 is 13.1. The maximum atomic E-state index is 13.1. The normalized spacial score (nSPS) is 12.4. The first-order valence-electron chi connectivity index (χ1n) is 5.31. The van der Waals surface area contributed by atoms with Crippen molar-refractivity contribution in [1.82, 2.24) is 5.32 Å². The lowest BCUT2D eigenvalue weighted by molar-refractivity contribution is -0.385. The Morgan fingerprint density at radius 2 is 2.24 bits per heavy atom. The number of nitro benzene ring substituents is 1. The van der Waals surface area contributed by atoms with E-state index in [1.807, 2.05) is 0 Å². The molecule has 1 aromatic rings. The number of rotatable bonds is 6. The summed E-state index contributed by atoms with van der Waals surface area (Å²) in [5, 5.41) is 22.5. The molecule has 0 saturated heterocycles. The largest absolute Gasteiger partial charge is 0.393 e. The van der Waals surface area contributed by atoms with Crippen LogP contribution < -0.4 is 5.32 Å². The fraction of sp³-hybridized carbons (Fsp3) is 0.455. The first-order valence-corrected chi connectivity index (χ1v) is 5.31. The van der Waals surface area contributed by atoms with Crippen LogP contribution in [0.2, 0.25) is 0 Å². The summed E-state index contributed by atoms with van der Waals surface area (Å²) in [7, 11) is 0. The molecular weight excluding hydrogens is 227 g/mol. The van der Waals surface area contributed by atoms with Crippen molar-refractivity contribution in [3.8, 4) is 0 Å². The van der Waals surface area contributed by atoms with Crippen LogP contribution in [0.3, 0.4) is 0 Å². The molecule has 0 fully saturated rings. The molecule has 1 unspecified atom stereocenters. The van der Waals surface area contributed by atoms with Crippen LogP contribution in [-0.2, 0) is 6.54 Å². The van der Waals surface area contributed by atoms with Gasteiger partial charge in [-0.25, -0.2) is 4.39 Å². The van der Waals surface area contributed by atoms with Gasteiger partial charge in [0.1, 0.15) is 5.82 Å². The average molecular weight is 242 g/mol. The van der Waals surface area contributed by atoms with Crippen LogP contribution in [0.5, 0.6) is 0 Å². The lowest BCUT2D eigenvalue weighted by atomic mass is 10.2. The Hall–Kier alpha value is -1.53. The molecule has 5 nitrogen and oxygen atoms in total. The lowest BCUT2D eigenvalue weighted by Gasteiger charge is -2.06. The van der Waals surface area contributed by atoms with Crippen molar-refractivity contribution >= 4 is 5.69 Å². The van der Waals surface area contributed by atoms with Gasteiger partial charge in [-0.3, -0.25) is 10.1 Å². The third-order valence-corrected chi connectivity index (χ3v) is 2.22. The zero-order valence-electron chi connectivity index (χ0n) is 9.52. The number of halogens is 1. The van der Waals surface area contributed by atoms with Crippen LogP contribution in [0.25, 0.3) is 0 Å². The molecule has 0 heterocycles. The number of non-ortho nitro benzene ring substituents is 1. The van der Waals surface area contributed by atoms with Crippen molar-refractivity contribution in [2.24, 2.45) is 0 Å². The van der Waals surface area contributed by atoms with E-state index in [1.54, 1.807) is 6.92 Å². The van der Waals surface area contributed by atoms with E-state index >= 15 is 0 Å². The molecule has 0 aliphatic carbocycles. The molecule has 1 aromatic carbocycles. The molecule has 0 spiro atoms. The summed E-state index contributed by atoms with van der Waals surface area (Å²) >= 11 is 0. The number of hydrogen-bond donors (Lipinski definition) is 2. The molecule has 94 valence electrons. The van der Waals surface area contributed by atoms with Crippen LogP contribution >= 0.6 is 0 Å². The number of aliphatic hydroxyl groups excluding tert-OH is 1. The Labute approximate surface area is 98.4 Å². The van der Waals surface area contributed by atoms with Gasteiger partial charge in [0.15, 0.2) is 0 Å². The topological polar surface area (TPSA) is 75.4 Å². The minimum atomic E-state index is -0.623. The van der Waals surface area contributed by atoms with Crippen molar-refractivity contribution in [2.75, 3.05) is 6.54 Å². The SMILES string of the molecule is CC(O)CCNCc1cc(F)cc([N+](=O)[O-])c1. The van der Waals surface area contributed by atoms with Crippen molar-refractivity contribution < 1.29 is 14.4 Å². The number of aliphatic hydroxyl groups is 1. The van der Waals surface area contributed by atoms with Gasteiger partial charge in [0.25, 0.3) is 5.69 Å². The number of nitrogens with one attached hydrogen (secondary N) is 1. The van der Waals surface area contributed by atoms with Gasteiger partial charge in [-0.1, -0.05) is 0 Å². The molecule has 0 amide bonds. The molecule has 17 heavy (non-hydrogen) atoms. The third kappa shape index (κ3) is 4.88. The first-order chi connectivity index (χ1) is 7.99. The molecule has 6 heteroatoms. The van der Waals surface area contributed by atoms with Gasteiger partial charge in [-0.15, -0.1) is 0 Å². The second-order valence-corrected chi connectivity index (χ2v) is 3.89. The molecule has 0 aliphatic heterocycles. The number of benzene rings is 1. The van der Waals surface area contributed by atoms with E-state index in [0.29, 0.717) is 25.1 Å². The summed E-state index contributed by atoms with van der Waals surface area (Å²) in [6, 6.07) is 3.47. The van der Waals surface area contributed by atoms with E-state index in [4.69, 9.17) is 5.11 Å². The van der Waals surface area contributed by atoms with Crippen LogP contribution in [-0.4, -0.2) is 22.7 Å². The average Bonchev–Trinajstić information content (AvgIpc) is 2.23. The van der Waals surface area contributed by atoms with Gasteiger partial charge in [0, 0.05) is 12.6 Å². The van der Waals surface area contributed by atoms with Crippen LogP contribution in [0, 0.1) is 15.9 Å². The smallest absolute Gasteiger partial charge is 0.272 e. The van der Waals surface area contributed by atoms with E-state index in [1.165, 1.54) is 12.1 Å². The highest BCUT2D eigenvalue weighted by atomic mass is 19.1. The predicted molar refractivity (Wildman–Crippen MR) is 61.1 cm³/mol. The molecule has 0 radical (unpaired) electrons. The van der Waals surface area contributed by atoms with Crippen molar-refractivity contribution in [3.63, 3.8) is 0 Å². The third-order valence-electron chi connectivity index (χ3n) is 2.22. The second kappa shape index (κ2) is 6.27. The van der Waals surface area contributed by atoms with Crippen LogP contribution in [0.4, 0.5) is 10.1 Å². The zero-order valence-corrected chi connectivity index (χ0v) is 9.52. The Bertz CT molecular complexity index is 396. The van der Waals surface area contributed by atoms with E-state index in [2.05, 4.69) is 5.32 Å². The molecule has 0 aromatic heterocycles. The Morgan fingerprint density at radius 3 is 2.82 bits per heavy atom. The van der Waals surface area contributed by atoms with E-state index in [9.17, 15) is 14.5 Å². The lowest BCUT2D eigenvalue weighted by Crippen LogP contribution is -2.18. The second-order valence-electron chi connectivity index (χ2n) is 3.89. The fourth-order valence-corrected chi connectivity index (χ4v) is 1.38. The van der Waals surface area contributed by atoms with Crippen LogP contribution in [0.1, 0.15) is 18.9 Å². The summed E-state index contributed by atoms with van der Waals surface area (Å²) in [6.07, 6.45) is 0.182. The molecule has 1 rings (SSSR count). The number of hydrogen-bond acceptors (Lipinski definition) is 4. The van der Waals surface area contributed by atoms with Crippen molar-refractivity contribution in [3.05, 3.63) is 39.7 Å². The van der Waals surface area contributed by atoms with E-state index in [-0.39, 0.29) is 5.69 Å². The molecule has 0 saturated carbocycles. The molecule has 1 atom stereocenters. The van der Waals surface area contributed by atoms with Gasteiger partial charge in [-0.05, 0) is 31.5 Å². The molecule has 0 bridgehead atoms. The van der Waals surface area contributed by atoms with Crippen LogP contribution in [0.15, 0.2) is 18.2 Å². The minimum absolute atomic E-state index is 0.252. The molecular formula is C11H15FN2O3. The maximum absolute atomic E-state index is 13.1. The Balaban J connectivity index is 2.56. The number of nitro groups is 1. The van der Waals surface area contributed by atoms with Gasteiger partial charge >= 0.3 is 0 Å². The highest BCUT2D eigenvalue weighted by molar-refractivity contribution is 5.35. The molecule has 2 N–H and O–H groups in total. The summed E-state index contributed by atoms with van der Waals surface area (Å²) in [4.78, 5) is 9.89. The zero-order chi connectivity index (χ0) is 12.8. The van der Waals surface area contributed by atoms with Gasteiger partial charge in [0.2, 0.25) is 0 Å². The Morgan fingerprint density at radius 1 is 1.53 bits per heavy atom. The Kier molecular flexibility index (Phi) is 4.99. The standard InChI is InChI=1S/C11H15FN2O3/c1-8(15)2-3-13-7-9-4-10(12)6-11(5-9)14(16)17/h4-6,8,13,15H,2-3,7H2,1H3. The predicted octanol–water partition coefficient (Wildman–Crippen LogP) is 1.59. The summed E-state index contributed by atoms with van der Waals surface area (Å²) in [5.41, 5.74) is 0.264. The summed E-state index contributed by atoms with van der Waals surface area (Å²) in [5.74, 6) is -0.619. The summed E-state index contributed by atoms with van der Waals surface area (Å²) in [6.45, 7) is 2.59. The monoisotopic (exact) mass is 242 g/mol. The highest BCUT2D eigenvalue weighted by Gasteiger charge is 2.09. The number of nitrogens with zero attached hydrogens (tertiary/aromatic N) is 1. The highest BCUT2D eigenvalue weighted by Crippen LogP contribution is 2.16. The van der Waals surface area contributed by atoms with E-state index < -0.39 is 16.8 Å². The van der Waals surface area contributed by atoms with Crippen molar-refractivity contribution in [1.29, 1.82) is 0 Å². The van der Waals surface area contributed by atoms with Crippen molar-refractivity contribution in [2.45, 2.75) is 26.0 Å². The molecule has 0 aliphatic rings. The fourth-order valence-electron chi connectivity index (χ4n) is 1.38. The van der Waals surface area contributed by atoms with E-state index in [0.717, 1.165) is 6.07 Å².